The molecule has 0 saturated carbocycles. The van der Waals surface area contributed by atoms with Gasteiger partial charge in [0.2, 0.25) is 0 Å². The Morgan fingerprint density at radius 1 is 1.09 bits per heavy atom. The molecule has 3 nitrogen and oxygen atoms in total. The molecule has 0 saturated heterocycles. The average Bonchev–Trinajstić information content (AvgIpc) is 2.99. The van der Waals surface area contributed by atoms with Crippen molar-refractivity contribution in [2.24, 2.45) is 0 Å². The quantitative estimate of drug-likeness (QED) is 0.625. The van der Waals surface area contributed by atoms with E-state index in [1.807, 2.05) is 10.7 Å². The zero-order chi connectivity index (χ0) is 16.2. The van der Waals surface area contributed by atoms with Gasteiger partial charge in [0.05, 0.1) is 5.69 Å². The summed E-state index contributed by atoms with van der Waals surface area (Å²) >= 11 is 1.74. The summed E-state index contributed by atoms with van der Waals surface area (Å²) in [4.78, 5) is 6.03. The minimum absolute atomic E-state index is 0.799. The van der Waals surface area contributed by atoms with Crippen molar-refractivity contribution in [3.8, 4) is 17.1 Å². The van der Waals surface area contributed by atoms with Gasteiger partial charge in [-0.3, -0.25) is 0 Å². The van der Waals surface area contributed by atoms with Gasteiger partial charge in [-0.15, -0.1) is 16.9 Å². The fourth-order valence-corrected chi connectivity index (χ4v) is 3.07. The lowest BCUT2D eigenvalue weighted by atomic mass is 10.2. The third kappa shape index (κ3) is 3.32. The second-order valence-corrected chi connectivity index (χ2v) is 6.41. The van der Waals surface area contributed by atoms with E-state index in [2.05, 4.69) is 62.6 Å². The van der Waals surface area contributed by atoms with E-state index in [9.17, 15) is 0 Å². The predicted octanol–water partition coefficient (Wildman–Crippen LogP) is 4.92. The Balaban J connectivity index is 2.10. The molecule has 0 atom stereocenters. The molecule has 3 rings (SSSR count). The van der Waals surface area contributed by atoms with Crippen LogP contribution in [-0.4, -0.2) is 21.0 Å². The smallest absolute Gasteiger partial charge is 0.181 e. The molecule has 0 unspecified atom stereocenters. The second kappa shape index (κ2) is 7.01. The van der Waals surface area contributed by atoms with E-state index in [0.29, 0.717) is 0 Å². The SMILES string of the molecule is CCCc1nc(-c2cccc(SC)c2)nn1-c1ccccc1C. The Morgan fingerprint density at radius 3 is 2.65 bits per heavy atom. The van der Waals surface area contributed by atoms with E-state index in [-0.39, 0.29) is 0 Å². The van der Waals surface area contributed by atoms with Crippen LogP contribution in [-0.2, 0) is 6.42 Å². The van der Waals surface area contributed by atoms with E-state index in [4.69, 9.17) is 10.1 Å². The molecule has 1 aromatic heterocycles. The molecule has 0 N–H and O–H groups in total. The maximum absolute atomic E-state index is 4.81. The predicted molar refractivity (Wildman–Crippen MR) is 97.3 cm³/mol. The van der Waals surface area contributed by atoms with Gasteiger partial charge >= 0.3 is 0 Å². The van der Waals surface area contributed by atoms with Crippen molar-refractivity contribution in [3.05, 3.63) is 59.9 Å². The van der Waals surface area contributed by atoms with Crippen molar-refractivity contribution in [1.29, 1.82) is 0 Å². The van der Waals surface area contributed by atoms with Crippen LogP contribution in [0.3, 0.4) is 0 Å². The average molecular weight is 323 g/mol. The van der Waals surface area contributed by atoms with Gasteiger partial charge in [-0.2, -0.15) is 0 Å². The number of rotatable bonds is 5. The van der Waals surface area contributed by atoms with Gasteiger partial charge < -0.3 is 0 Å². The zero-order valence-corrected chi connectivity index (χ0v) is 14.6. The van der Waals surface area contributed by atoms with Crippen LogP contribution in [0.15, 0.2) is 53.4 Å². The summed E-state index contributed by atoms with van der Waals surface area (Å²) in [7, 11) is 0. The molecule has 118 valence electrons. The van der Waals surface area contributed by atoms with Crippen molar-refractivity contribution < 1.29 is 0 Å². The van der Waals surface area contributed by atoms with E-state index >= 15 is 0 Å². The van der Waals surface area contributed by atoms with Gasteiger partial charge in [0.25, 0.3) is 0 Å². The Bertz CT molecular complexity index is 808. The van der Waals surface area contributed by atoms with Crippen LogP contribution >= 0.6 is 11.8 Å². The molecule has 0 fully saturated rings. The molecule has 4 heteroatoms. The minimum Gasteiger partial charge on any atom is -0.217 e. The van der Waals surface area contributed by atoms with Crippen LogP contribution < -0.4 is 0 Å². The molecule has 2 aromatic carbocycles. The van der Waals surface area contributed by atoms with Crippen LogP contribution in [0.5, 0.6) is 0 Å². The molecule has 0 aliphatic heterocycles. The van der Waals surface area contributed by atoms with Crippen molar-refractivity contribution in [2.75, 3.05) is 6.26 Å². The third-order valence-corrected chi connectivity index (χ3v) is 4.54. The number of hydrogen-bond acceptors (Lipinski definition) is 3. The largest absolute Gasteiger partial charge is 0.217 e. The summed E-state index contributed by atoms with van der Waals surface area (Å²) in [5, 5.41) is 4.80. The summed E-state index contributed by atoms with van der Waals surface area (Å²) < 4.78 is 2.00. The molecule has 3 aromatic rings. The minimum atomic E-state index is 0.799. The first kappa shape index (κ1) is 15.8. The molecule has 0 aliphatic carbocycles. The summed E-state index contributed by atoms with van der Waals surface area (Å²) in [6, 6.07) is 16.7. The van der Waals surface area contributed by atoms with Crippen LogP contribution in [0.25, 0.3) is 17.1 Å². The van der Waals surface area contributed by atoms with Gasteiger partial charge in [-0.05, 0) is 43.4 Å². The maximum Gasteiger partial charge on any atom is 0.181 e. The highest BCUT2D eigenvalue weighted by Gasteiger charge is 2.14. The number of nitrogens with zero attached hydrogens (tertiary/aromatic N) is 3. The molecule has 0 bridgehead atoms. The van der Waals surface area contributed by atoms with Crippen molar-refractivity contribution in [3.63, 3.8) is 0 Å². The Kier molecular flexibility index (Phi) is 4.82. The molecule has 0 amide bonds. The number of aromatic nitrogens is 3. The second-order valence-electron chi connectivity index (χ2n) is 5.53. The van der Waals surface area contributed by atoms with E-state index in [1.165, 1.54) is 10.5 Å². The first-order valence-electron chi connectivity index (χ1n) is 7.89. The number of hydrogen-bond donors (Lipinski definition) is 0. The standard InChI is InChI=1S/C19H21N3S/c1-4-8-18-20-19(15-10-7-11-16(13-15)23-3)21-22(18)17-12-6-5-9-14(17)2/h5-7,9-13H,4,8H2,1-3H3. The van der Waals surface area contributed by atoms with Crippen molar-refractivity contribution >= 4 is 11.8 Å². The molecule has 23 heavy (non-hydrogen) atoms. The van der Waals surface area contributed by atoms with Crippen molar-refractivity contribution in [2.45, 2.75) is 31.6 Å². The molecule has 0 aliphatic rings. The zero-order valence-electron chi connectivity index (χ0n) is 13.8. The number of thioether (sulfide) groups is 1. The highest BCUT2D eigenvalue weighted by Crippen LogP contribution is 2.24. The molecule has 0 radical (unpaired) electrons. The van der Waals surface area contributed by atoms with Crippen molar-refractivity contribution in [1.82, 2.24) is 14.8 Å². The van der Waals surface area contributed by atoms with Gasteiger partial charge in [0.15, 0.2) is 5.82 Å². The molecular formula is C19H21N3S. The Morgan fingerprint density at radius 2 is 1.91 bits per heavy atom. The van der Waals surface area contributed by atoms with Gasteiger partial charge in [-0.25, -0.2) is 9.67 Å². The molecule has 1 heterocycles. The topological polar surface area (TPSA) is 30.7 Å². The fraction of sp³-hybridized carbons (Fsp3) is 0.263. The summed E-state index contributed by atoms with van der Waals surface area (Å²) in [5.74, 6) is 1.82. The first-order valence-corrected chi connectivity index (χ1v) is 9.11. The lowest BCUT2D eigenvalue weighted by Gasteiger charge is -2.07. The van der Waals surface area contributed by atoms with Gasteiger partial charge in [0.1, 0.15) is 5.82 Å². The monoisotopic (exact) mass is 323 g/mol. The first-order chi connectivity index (χ1) is 11.2. The van der Waals surface area contributed by atoms with E-state index in [0.717, 1.165) is 35.7 Å². The number of benzene rings is 2. The summed E-state index contributed by atoms with van der Waals surface area (Å²) in [6.45, 7) is 4.28. The van der Waals surface area contributed by atoms with Crippen LogP contribution in [0.1, 0.15) is 24.7 Å². The lowest BCUT2D eigenvalue weighted by Crippen LogP contribution is -2.04. The van der Waals surface area contributed by atoms with Crippen LogP contribution in [0, 0.1) is 6.92 Å². The van der Waals surface area contributed by atoms with Gasteiger partial charge in [-0.1, -0.05) is 37.3 Å². The fourth-order valence-electron chi connectivity index (χ4n) is 2.61. The maximum atomic E-state index is 4.81. The summed E-state index contributed by atoms with van der Waals surface area (Å²) in [6.07, 6.45) is 4.05. The van der Waals surface area contributed by atoms with Crippen LogP contribution in [0.2, 0.25) is 0 Å². The Hall–Kier alpha value is -2.07. The van der Waals surface area contributed by atoms with Crippen LogP contribution in [0.4, 0.5) is 0 Å². The third-order valence-electron chi connectivity index (χ3n) is 3.82. The van der Waals surface area contributed by atoms with E-state index in [1.54, 1.807) is 11.8 Å². The highest BCUT2D eigenvalue weighted by atomic mass is 32.2. The number of aryl methyl sites for hydroxylation is 2. The number of para-hydroxylation sites is 1. The normalized spacial score (nSPS) is 10.9. The molecule has 0 spiro atoms. The van der Waals surface area contributed by atoms with E-state index < -0.39 is 0 Å². The Labute approximate surface area is 141 Å². The summed E-state index contributed by atoms with van der Waals surface area (Å²) in [5.41, 5.74) is 3.39. The van der Waals surface area contributed by atoms with Gasteiger partial charge in [0, 0.05) is 16.9 Å². The lowest BCUT2D eigenvalue weighted by molar-refractivity contribution is 0.756. The highest BCUT2D eigenvalue weighted by molar-refractivity contribution is 7.98. The molecular weight excluding hydrogens is 302 g/mol.